The van der Waals surface area contributed by atoms with Crippen LogP contribution in [0.2, 0.25) is 0 Å². The molecule has 1 aliphatic rings. The Balaban J connectivity index is 1.97. The lowest BCUT2D eigenvalue weighted by atomic mass is 9.81. The molecule has 1 fully saturated rings. The van der Waals surface area contributed by atoms with Gasteiger partial charge in [0, 0.05) is 17.6 Å². The Bertz CT molecular complexity index is 438. The van der Waals surface area contributed by atoms with Crippen molar-refractivity contribution in [3.05, 3.63) is 35.4 Å². The van der Waals surface area contributed by atoms with Crippen molar-refractivity contribution in [3.8, 4) is 0 Å². The molecule has 0 aliphatic heterocycles. The number of hydrogen-bond donors (Lipinski definition) is 1. The molecule has 1 N–H and O–H groups in total. The quantitative estimate of drug-likeness (QED) is 0.785. The first-order valence-electron chi connectivity index (χ1n) is 8.17. The number of rotatable bonds is 5. The van der Waals surface area contributed by atoms with Crippen LogP contribution in [0.5, 0.6) is 0 Å². The van der Waals surface area contributed by atoms with Crippen LogP contribution in [0.25, 0.3) is 0 Å². The van der Waals surface area contributed by atoms with Crippen LogP contribution >= 0.6 is 0 Å². The first-order valence-corrected chi connectivity index (χ1v) is 8.17. The molecule has 0 saturated heterocycles. The summed E-state index contributed by atoms with van der Waals surface area (Å²) in [6.45, 7) is 6.37. The lowest BCUT2D eigenvalue weighted by Crippen LogP contribution is -2.36. The number of benzene rings is 1. The van der Waals surface area contributed by atoms with Gasteiger partial charge < -0.3 is 5.32 Å². The van der Waals surface area contributed by atoms with Crippen molar-refractivity contribution in [1.29, 1.82) is 0 Å². The fourth-order valence-corrected chi connectivity index (χ4v) is 3.68. The van der Waals surface area contributed by atoms with E-state index in [1.54, 1.807) is 0 Å². The van der Waals surface area contributed by atoms with Gasteiger partial charge in [-0.05, 0) is 50.2 Å². The first-order chi connectivity index (χ1) is 9.97. The zero-order chi connectivity index (χ0) is 15.4. The molecule has 3 heteroatoms. The molecular weight excluding hydrogens is 268 g/mol. The summed E-state index contributed by atoms with van der Waals surface area (Å²) in [7, 11) is 0. The summed E-state index contributed by atoms with van der Waals surface area (Å²) in [4.78, 5) is 0. The van der Waals surface area contributed by atoms with E-state index in [9.17, 15) is 8.78 Å². The van der Waals surface area contributed by atoms with Gasteiger partial charge in [0.1, 0.15) is 11.6 Å². The van der Waals surface area contributed by atoms with Crippen LogP contribution in [0, 0.1) is 23.5 Å². The molecule has 0 spiro atoms. The minimum Gasteiger partial charge on any atom is -0.307 e. The highest BCUT2D eigenvalue weighted by atomic mass is 19.1. The second-order valence-electron chi connectivity index (χ2n) is 6.88. The van der Waals surface area contributed by atoms with Crippen LogP contribution in [0.3, 0.4) is 0 Å². The van der Waals surface area contributed by atoms with Crippen molar-refractivity contribution in [1.82, 2.24) is 5.32 Å². The minimum absolute atomic E-state index is 0.170. The molecule has 0 amide bonds. The second kappa shape index (κ2) is 7.35. The number of hydrogen-bond acceptors (Lipinski definition) is 1. The van der Waals surface area contributed by atoms with Crippen molar-refractivity contribution in [3.63, 3.8) is 0 Å². The highest BCUT2D eigenvalue weighted by Gasteiger charge is 2.25. The van der Waals surface area contributed by atoms with Gasteiger partial charge in [-0.15, -0.1) is 0 Å². The van der Waals surface area contributed by atoms with E-state index < -0.39 is 11.6 Å². The van der Waals surface area contributed by atoms with Crippen LogP contribution in [-0.2, 0) is 0 Å². The SMILES string of the molecule is CC(C)CC1CCCC(NC(C)c2c(F)cccc2F)C1. The standard InChI is InChI=1S/C18H27F2N/c1-12(2)10-14-6-4-7-15(11-14)21-13(3)18-16(19)8-5-9-17(18)20/h5,8-9,12-15,21H,4,6-7,10-11H2,1-3H3. The third-order valence-electron chi connectivity index (χ3n) is 4.51. The smallest absolute Gasteiger partial charge is 0.130 e. The Morgan fingerprint density at radius 1 is 1.14 bits per heavy atom. The maximum absolute atomic E-state index is 13.8. The topological polar surface area (TPSA) is 12.0 Å². The Hall–Kier alpha value is -0.960. The van der Waals surface area contributed by atoms with Gasteiger partial charge in [0.25, 0.3) is 0 Å². The predicted octanol–water partition coefficient (Wildman–Crippen LogP) is 5.22. The van der Waals surface area contributed by atoms with E-state index in [1.807, 2.05) is 6.92 Å². The van der Waals surface area contributed by atoms with Gasteiger partial charge in [-0.25, -0.2) is 8.78 Å². The van der Waals surface area contributed by atoms with Gasteiger partial charge in [0.2, 0.25) is 0 Å². The summed E-state index contributed by atoms with van der Waals surface area (Å²) < 4.78 is 27.6. The van der Waals surface area contributed by atoms with E-state index in [0.717, 1.165) is 24.7 Å². The van der Waals surface area contributed by atoms with Crippen LogP contribution in [0.15, 0.2) is 18.2 Å². The van der Waals surface area contributed by atoms with E-state index >= 15 is 0 Å². The van der Waals surface area contributed by atoms with Gasteiger partial charge in [0.15, 0.2) is 0 Å². The fraction of sp³-hybridized carbons (Fsp3) is 0.667. The predicted molar refractivity (Wildman–Crippen MR) is 83.1 cm³/mol. The van der Waals surface area contributed by atoms with E-state index in [4.69, 9.17) is 0 Å². The van der Waals surface area contributed by atoms with Crippen molar-refractivity contribution >= 4 is 0 Å². The minimum atomic E-state index is -0.454. The Morgan fingerprint density at radius 3 is 2.43 bits per heavy atom. The Kier molecular flexibility index (Phi) is 5.74. The maximum atomic E-state index is 13.8. The zero-order valence-electron chi connectivity index (χ0n) is 13.3. The molecule has 0 heterocycles. The van der Waals surface area contributed by atoms with Gasteiger partial charge >= 0.3 is 0 Å². The molecule has 1 saturated carbocycles. The molecule has 1 nitrogen and oxygen atoms in total. The summed E-state index contributed by atoms with van der Waals surface area (Å²) >= 11 is 0. The molecule has 0 bridgehead atoms. The van der Waals surface area contributed by atoms with Crippen LogP contribution in [-0.4, -0.2) is 6.04 Å². The Labute approximate surface area is 127 Å². The molecule has 118 valence electrons. The van der Waals surface area contributed by atoms with Gasteiger partial charge in [-0.1, -0.05) is 32.8 Å². The van der Waals surface area contributed by atoms with Crippen LogP contribution in [0.1, 0.15) is 64.5 Å². The van der Waals surface area contributed by atoms with Crippen molar-refractivity contribution < 1.29 is 8.78 Å². The summed E-state index contributed by atoms with van der Waals surface area (Å²) in [5.74, 6) is 0.554. The van der Waals surface area contributed by atoms with E-state index in [1.165, 1.54) is 37.5 Å². The molecular formula is C18H27F2N. The average molecular weight is 295 g/mol. The molecule has 3 unspecified atom stereocenters. The molecule has 1 aromatic carbocycles. The highest BCUT2D eigenvalue weighted by molar-refractivity contribution is 5.22. The van der Waals surface area contributed by atoms with E-state index in [-0.39, 0.29) is 11.6 Å². The highest BCUT2D eigenvalue weighted by Crippen LogP contribution is 2.31. The molecule has 3 atom stereocenters. The maximum Gasteiger partial charge on any atom is 0.130 e. The van der Waals surface area contributed by atoms with Gasteiger partial charge in [0.05, 0.1) is 0 Å². The molecule has 2 rings (SSSR count). The third-order valence-corrected chi connectivity index (χ3v) is 4.51. The van der Waals surface area contributed by atoms with Gasteiger partial charge in [-0.2, -0.15) is 0 Å². The van der Waals surface area contributed by atoms with E-state index in [2.05, 4.69) is 19.2 Å². The van der Waals surface area contributed by atoms with Crippen molar-refractivity contribution in [2.45, 2.75) is 65.0 Å². The monoisotopic (exact) mass is 295 g/mol. The molecule has 0 radical (unpaired) electrons. The summed E-state index contributed by atoms with van der Waals surface area (Å²) in [5, 5.41) is 3.44. The lowest BCUT2D eigenvalue weighted by Gasteiger charge is -2.33. The summed E-state index contributed by atoms with van der Waals surface area (Å²) in [5.41, 5.74) is 0.170. The largest absolute Gasteiger partial charge is 0.307 e. The molecule has 1 aliphatic carbocycles. The lowest BCUT2D eigenvalue weighted by molar-refractivity contribution is 0.241. The Morgan fingerprint density at radius 2 is 1.81 bits per heavy atom. The fourth-order valence-electron chi connectivity index (χ4n) is 3.68. The zero-order valence-corrected chi connectivity index (χ0v) is 13.3. The third kappa shape index (κ3) is 4.50. The molecule has 0 aromatic heterocycles. The molecule has 21 heavy (non-hydrogen) atoms. The normalized spacial score (nSPS) is 24.3. The van der Waals surface area contributed by atoms with E-state index in [0.29, 0.717) is 6.04 Å². The molecule has 1 aromatic rings. The first kappa shape index (κ1) is 16.4. The second-order valence-corrected chi connectivity index (χ2v) is 6.88. The summed E-state index contributed by atoms with van der Waals surface area (Å²) in [6, 6.07) is 4.17. The van der Waals surface area contributed by atoms with Crippen LogP contribution in [0.4, 0.5) is 8.78 Å². The van der Waals surface area contributed by atoms with Crippen molar-refractivity contribution in [2.75, 3.05) is 0 Å². The number of halogens is 2. The van der Waals surface area contributed by atoms with Gasteiger partial charge in [-0.3, -0.25) is 0 Å². The summed E-state index contributed by atoms with van der Waals surface area (Å²) in [6.07, 6.45) is 5.98. The van der Waals surface area contributed by atoms with Crippen molar-refractivity contribution in [2.24, 2.45) is 11.8 Å². The van der Waals surface area contributed by atoms with Crippen LogP contribution < -0.4 is 5.32 Å². The number of nitrogens with one attached hydrogen (secondary N) is 1. The average Bonchev–Trinajstić information content (AvgIpc) is 2.37.